The average Bonchev–Trinajstić information content (AvgIpc) is 2.51. The smallest absolute Gasteiger partial charge is 0.308 e. The van der Waals surface area contributed by atoms with Gasteiger partial charge in [0.2, 0.25) is 0 Å². The molecule has 0 aliphatic rings. The summed E-state index contributed by atoms with van der Waals surface area (Å²) in [6, 6.07) is 0. The molecule has 0 saturated carbocycles. The number of unbranched alkanes of at least 4 members (excludes halogenated alkanes) is 8. The summed E-state index contributed by atoms with van der Waals surface area (Å²) in [6.07, 6.45) is 13.2. The van der Waals surface area contributed by atoms with Gasteiger partial charge in [0, 0.05) is 0 Å². The number of carbonyl (C=O) groups is 1. The van der Waals surface area contributed by atoms with Crippen LogP contribution in [0.5, 0.6) is 0 Å². The Bertz CT molecular complexity index is 348. The Morgan fingerprint density at radius 1 is 0.920 bits per heavy atom. The van der Waals surface area contributed by atoms with Crippen LogP contribution >= 0.6 is 0 Å². The molecule has 0 fully saturated rings. The highest BCUT2D eigenvalue weighted by molar-refractivity contribution is 6.74. The summed E-state index contributed by atoms with van der Waals surface area (Å²) in [6.45, 7) is 13.5. The molecule has 0 amide bonds. The number of esters is 1. The van der Waals surface area contributed by atoms with Gasteiger partial charge in [0.25, 0.3) is 0 Å². The molecule has 0 rings (SSSR count). The van der Waals surface area contributed by atoms with Crippen molar-refractivity contribution in [1.29, 1.82) is 0 Å². The lowest BCUT2D eigenvalue weighted by atomic mass is 10.0. The van der Waals surface area contributed by atoms with E-state index in [0.29, 0.717) is 6.42 Å². The first-order chi connectivity index (χ1) is 11.6. The molecule has 150 valence electrons. The van der Waals surface area contributed by atoms with Gasteiger partial charge in [-0.15, -0.1) is 0 Å². The van der Waals surface area contributed by atoms with Gasteiger partial charge >= 0.3 is 5.97 Å². The van der Waals surface area contributed by atoms with Crippen molar-refractivity contribution in [3.8, 4) is 0 Å². The SMILES string of the molecule is CCCCCCCCCCCC(CC(=O)OC)O[Si](C)(C)C(C)(C)C. The van der Waals surface area contributed by atoms with Crippen LogP contribution in [0.1, 0.15) is 98.3 Å². The van der Waals surface area contributed by atoms with Crippen LogP contribution in [0.4, 0.5) is 0 Å². The standard InChI is InChI=1S/C21H44O3Si/c1-8-9-10-11-12-13-14-15-16-17-19(18-20(22)23-5)24-25(6,7)21(2,3)4/h19H,8-18H2,1-7H3. The normalized spacial score (nSPS) is 13.7. The molecular formula is C21H44O3Si. The van der Waals surface area contributed by atoms with Crippen LogP contribution in [0.25, 0.3) is 0 Å². The third-order valence-electron chi connectivity index (χ3n) is 5.52. The monoisotopic (exact) mass is 372 g/mol. The molecule has 1 atom stereocenters. The van der Waals surface area contributed by atoms with Crippen molar-refractivity contribution in [3.05, 3.63) is 0 Å². The highest BCUT2D eigenvalue weighted by Crippen LogP contribution is 2.38. The number of rotatable bonds is 14. The molecular weight excluding hydrogens is 328 g/mol. The van der Waals surface area contributed by atoms with Crippen LogP contribution in [-0.2, 0) is 14.0 Å². The zero-order valence-electron chi connectivity index (χ0n) is 18.1. The van der Waals surface area contributed by atoms with Crippen LogP contribution in [0, 0.1) is 0 Å². The van der Waals surface area contributed by atoms with E-state index in [0.717, 1.165) is 12.8 Å². The van der Waals surface area contributed by atoms with E-state index in [-0.39, 0.29) is 17.1 Å². The van der Waals surface area contributed by atoms with Crippen molar-refractivity contribution in [2.45, 2.75) is 123 Å². The third kappa shape index (κ3) is 11.8. The van der Waals surface area contributed by atoms with Gasteiger partial charge in [0.05, 0.1) is 19.6 Å². The molecule has 0 aromatic heterocycles. The van der Waals surface area contributed by atoms with Gasteiger partial charge in [0.1, 0.15) is 0 Å². The predicted molar refractivity (Wildman–Crippen MR) is 111 cm³/mol. The van der Waals surface area contributed by atoms with E-state index in [1.807, 2.05) is 0 Å². The van der Waals surface area contributed by atoms with Crippen molar-refractivity contribution in [3.63, 3.8) is 0 Å². The third-order valence-corrected chi connectivity index (χ3v) is 10.1. The molecule has 0 aromatic carbocycles. The van der Waals surface area contributed by atoms with Crippen molar-refractivity contribution in [1.82, 2.24) is 0 Å². The van der Waals surface area contributed by atoms with Crippen LogP contribution in [0.3, 0.4) is 0 Å². The van der Waals surface area contributed by atoms with E-state index < -0.39 is 8.32 Å². The summed E-state index contributed by atoms with van der Waals surface area (Å²) in [4.78, 5) is 11.7. The summed E-state index contributed by atoms with van der Waals surface area (Å²) in [5.41, 5.74) is 0. The molecule has 0 aliphatic carbocycles. The minimum atomic E-state index is -1.85. The number of ether oxygens (including phenoxy) is 1. The zero-order chi connectivity index (χ0) is 19.3. The van der Waals surface area contributed by atoms with Crippen LogP contribution in [0.15, 0.2) is 0 Å². The minimum absolute atomic E-state index is 0.0119. The predicted octanol–water partition coefficient (Wildman–Crippen LogP) is 6.86. The van der Waals surface area contributed by atoms with Gasteiger partial charge in [-0.1, -0.05) is 85.5 Å². The van der Waals surface area contributed by atoms with Crippen LogP contribution in [-0.4, -0.2) is 27.5 Å². The molecule has 0 heterocycles. The maximum atomic E-state index is 11.7. The highest BCUT2D eigenvalue weighted by atomic mass is 28.4. The number of carbonyl (C=O) groups excluding carboxylic acids is 1. The van der Waals surface area contributed by atoms with E-state index in [2.05, 4.69) is 40.8 Å². The molecule has 1 unspecified atom stereocenters. The fourth-order valence-electron chi connectivity index (χ4n) is 2.75. The highest BCUT2D eigenvalue weighted by Gasteiger charge is 2.39. The lowest BCUT2D eigenvalue weighted by Gasteiger charge is -2.39. The summed E-state index contributed by atoms with van der Waals surface area (Å²) in [5.74, 6) is -0.153. The van der Waals surface area contributed by atoms with Gasteiger partial charge < -0.3 is 9.16 Å². The van der Waals surface area contributed by atoms with E-state index in [1.54, 1.807) is 0 Å². The molecule has 0 aromatic rings. The number of hydrogen-bond acceptors (Lipinski definition) is 3. The Morgan fingerprint density at radius 3 is 1.84 bits per heavy atom. The van der Waals surface area contributed by atoms with Gasteiger partial charge in [-0.3, -0.25) is 4.79 Å². The van der Waals surface area contributed by atoms with Gasteiger partial charge in [-0.2, -0.15) is 0 Å². The topological polar surface area (TPSA) is 35.5 Å². The summed E-state index contributed by atoms with van der Waals surface area (Å²) < 4.78 is 11.4. The Hall–Kier alpha value is -0.353. The largest absolute Gasteiger partial charge is 0.469 e. The van der Waals surface area contributed by atoms with Crippen molar-refractivity contribution < 1.29 is 14.0 Å². The second-order valence-corrected chi connectivity index (χ2v) is 13.7. The number of hydrogen-bond donors (Lipinski definition) is 0. The molecule has 0 saturated heterocycles. The fourth-order valence-corrected chi connectivity index (χ4v) is 4.14. The molecule has 0 radical (unpaired) electrons. The first-order valence-corrected chi connectivity index (χ1v) is 13.3. The van der Waals surface area contributed by atoms with Crippen LogP contribution in [0.2, 0.25) is 18.1 Å². The van der Waals surface area contributed by atoms with Gasteiger partial charge in [-0.05, 0) is 24.6 Å². The summed E-state index contributed by atoms with van der Waals surface area (Å²) in [7, 11) is -0.387. The molecule has 0 bridgehead atoms. The second-order valence-electron chi connectivity index (χ2n) is 8.90. The Kier molecular flexibility index (Phi) is 12.7. The molecule has 0 N–H and O–H groups in total. The second kappa shape index (κ2) is 12.9. The molecule has 3 nitrogen and oxygen atoms in total. The first-order valence-electron chi connectivity index (χ1n) is 10.4. The molecule has 25 heavy (non-hydrogen) atoms. The quantitative estimate of drug-likeness (QED) is 0.190. The van der Waals surface area contributed by atoms with E-state index in [1.165, 1.54) is 58.5 Å². The maximum Gasteiger partial charge on any atom is 0.308 e. The Morgan fingerprint density at radius 2 is 1.40 bits per heavy atom. The summed E-state index contributed by atoms with van der Waals surface area (Å²) in [5, 5.41) is 0.167. The first kappa shape index (κ1) is 24.6. The van der Waals surface area contributed by atoms with Crippen LogP contribution < -0.4 is 0 Å². The van der Waals surface area contributed by atoms with Crippen molar-refractivity contribution in [2.24, 2.45) is 0 Å². The van der Waals surface area contributed by atoms with E-state index in [9.17, 15) is 4.79 Å². The fraction of sp³-hybridized carbons (Fsp3) is 0.952. The van der Waals surface area contributed by atoms with Gasteiger partial charge in [-0.25, -0.2) is 0 Å². The van der Waals surface area contributed by atoms with E-state index in [4.69, 9.17) is 9.16 Å². The van der Waals surface area contributed by atoms with E-state index >= 15 is 0 Å². The van der Waals surface area contributed by atoms with Gasteiger partial charge in [0.15, 0.2) is 8.32 Å². The lowest BCUT2D eigenvalue weighted by molar-refractivity contribution is -0.142. The lowest BCUT2D eigenvalue weighted by Crippen LogP contribution is -2.44. The Balaban J connectivity index is 4.18. The molecule has 0 aliphatic heterocycles. The number of methoxy groups -OCH3 is 1. The molecule has 0 spiro atoms. The average molecular weight is 373 g/mol. The van der Waals surface area contributed by atoms with Crippen molar-refractivity contribution >= 4 is 14.3 Å². The molecule has 4 heteroatoms. The maximum absolute atomic E-state index is 11.7. The minimum Gasteiger partial charge on any atom is -0.469 e. The summed E-state index contributed by atoms with van der Waals surface area (Å²) >= 11 is 0. The Labute approximate surface area is 158 Å². The zero-order valence-corrected chi connectivity index (χ0v) is 19.1. The van der Waals surface area contributed by atoms with Crippen molar-refractivity contribution in [2.75, 3.05) is 7.11 Å².